The van der Waals surface area contributed by atoms with E-state index in [0.29, 0.717) is 25.1 Å². The van der Waals surface area contributed by atoms with Gasteiger partial charge in [0.1, 0.15) is 17.0 Å². The van der Waals surface area contributed by atoms with Crippen LogP contribution in [0.5, 0.6) is 11.5 Å². The number of Topliss-reactive ketones (excluding diaryl/α,β-unsaturated/α-hetero) is 1. The first-order valence-electron chi connectivity index (χ1n) is 17.7. The number of likely N-dealkylation sites (tertiary alicyclic amines) is 1. The lowest BCUT2D eigenvalue weighted by molar-refractivity contribution is -0.141. The lowest BCUT2D eigenvalue weighted by atomic mass is 9.55. The molecule has 52 heavy (non-hydrogen) atoms. The second-order valence-corrected chi connectivity index (χ2v) is 13.8. The fourth-order valence-corrected chi connectivity index (χ4v) is 8.70. The molecule has 1 amide bonds. The van der Waals surface area contributed by atoms with Gasteiger partial charge in [-0.3, -0.25) is 14.9 Å². The zero-order valence-electron chi connectivity index (χ0n) is 29.3. The van der Waals surface area contributed by atoms with Crippen molar-refractivity contribution in [2.75, 3.05) is 32.6 Å². The summed E-state index contributed by atoms with van der Waals surface area (Å²) in [6.07, 6.45) is 6.75. The van der Waals surface area contributed by atoms with Gasteiger partial charge in [-0.25, -0.2) is 0 Å². The fourth-order valence-electron chi connectivity index (χ4n) is 8.70. The van der Waals surface area contributed by atoms with E-state index in [-0.39, 0.29) is 17.7 Å². The van der Waals surface area contributed by atoms with Crippen LogP contribution >= 0.6 is 0 Å². The zero-order valence-corrected chi connectivity index (χ0v) is 29.3. The number of methoxy groups -OCH3 is 2. The van der Waals surface area contributed by atoms with Crippen LogP contribution in [0.25, 0.3) is 12.2 Å². The molecule has 2 spiro atoms. The van der Waals surface area contributed by atoms with Crippen LogP contribution < -0.4 is 20.1 Å². The van der Waals surface area contributed by atoms with E-state index >= 15 is 4.79 Å². The first kappa shape index (κ1) is 33.2. The predicted octanol–water partition coefficient (Wildman–Crippen LogP) is 7.48. The highest BCUT2D eigenvalue weighted by Gasteiger charge is 2.74. The van der Waals surface area contributed by atoms with Gasteiger partial charge >= 0.3 is 0 Å². The highest BCUT2D eigenvalue weighted by molar-refractivity contribution is 6.16. The van der Waals surface area contributed by atoms with Crippen molar-refractivity contribution in [1.82, 2.24) is 10.2 Å². The van der Waals surface area contributed by atoms with Crippen LogP contribution in [0.4, 0.5) is 5.69 Å². The number of nitrogens with zero attached hydrogens (tertiary/aromatic N) is 1. The number of hydrogen-bond acceptors (Lipinski definition) is 6. The molecule has 5 aromatic rings. The summed E-state index contributed by atoms with van der Waals surface area (Å²) in [4.78, 5) is 33.1. The minimum Gasteiger partial charge on any atom is -0.497 e. The Morgan fingerprint density at radius 1 is 0.750 bits per heavy atom. The van der Waals surface area contributed by atoms with Gasteiger partial charge in [0.05, 0.1) is 19.6 Å². The molecule has 0 saturated carbocycles. The molecule has 4 atom stereocenters. The molecule has 2 fully saturated rings. The second kappa shape index (κ2) is 13.7. The molecule has 7 heteroatoms. The topological polar surface area (TPSA) is 79.9 Å². The van der Waals surface area contributed by atoms with E-state index in [1.807, 2.05) is 103 Å². The van der Waals surface area contributed by atoms with E-state index < -0.39 is 16.9 Å². The first-order chi connectivity index (χ1) is 25.4. The smallest absolute Gasteiger partial charge is 0.250 e. The van der Waals surface area contributed by atoms with Crippen LogP contribution in [0.2, 0.25) is 0 Å². The van der Waals surface area contributed by atoms with Gasteiger partial charge < -0.3 is 19.7 Å². The Labute approximate surface area is 304 Å². The lowest BCUT2D eigenvalue weighted by Crippen LogP contribution is -2.65. The molecule has 2 saturated heterocycles. The quantitative estimate of drug-likeness (QED) is 0.165. The van der Waals surface area contributed by atoms with Gasteiger partial charge in [-0.2, -0.15) is 0 Å². The number of rotatable bonds is 8. The minimum absolute atomic E-state index is 0.0385. The number of amides is 1. The third kappa shape index (κ3) is 5.58. The van der Waals surface area contributed by atoms with Crippen molar-refractivity contribution in [1.29, 1.82) is 0 Å². The number of anilines is 1. The number of nitrogens with one attached hydrogen (secondary N) is 2. The van der Waals surface area contributed by atoms with Crippen LogP contribution in [0.1, 0.15) is 33.7 Å². The molecule has 1 unspecified atom stereocenters. The number of hydrogen-bond donors (Lipinski definition) is 2. The molecule has 7 nitrogen and oxygen atoms in total. The molecular formula is C45H41N3O4. The van der Waals surface area contributed by atoms with E-state index in [1.54, 1.807) is 14.2 Å². The van der Waals surface area contributed by atoms with Gasteiger partial charge in [0.25, 0.3) is 5.91 Å². The Morgan fingerprint density at radius 2 is 1.38 bits per heavy atom. The summed E-state index contributed by atoms with van der Waals surface area (Å²) in [5.41, 5.74) is 3.52. The first-order valence-corrected chi connectivity index (χ1v) is 17.7. The molecule has 2 N–H and O–H groups in total. The maximum atomic E-state index is 15.9. The van der Waals surface area contributed by atoms with E-state index in [1.165, 1.54) is 0 Å². The molecule has 5 aromatic carbocycles. The number of para-hydroxylation sites is 1. The van der Waals surface area contributed by atoms with Crippen LogP contribution in [0.15, 0.2) is 145 Å². The Bertz CT molecular complexity index is 2150. The number of fused-ring (bicyclic) bond motifs is 3. The second-order valence-electron chi connectivity index (χ2n) is 13.8. The number of benzene rings is 5. The summed E-state index contributed by atoms with van der Waals surface area (Å²) >= 11 is 0. The number of carbonyl (C=O) groups is 2. The van der Waals surface area contributed by atoms with Gasteiger partial charge in [-0.15, -0.1) is 0 Å². The largest absolute Gasteiger partial charge is 0.497 e. The van der Waals surface area contributed by atoms with E-state index in [9.17, 15) is 4.79 Å². The van der Waals surface area contributed by atoms with Gasteiger partial charge in [0.15, 0.2) is 5.78 Å². The van der Waals surface area contributed by atoms with Crippen LogP contribution in [0.3, 0.4) is 0 Å². The highest BCUT2D eigenvalue weighted by atomic mass is 16.5. The van der Waals surface area contributed by atoms with Gasteiger partial charge in [0.2, 0.25) is 0 Å². The van der Waals surface area contributed by atoms with E-state index in [4.69, 9.17) is 9.47 Å². The normalized spacial score (nSPS) is 24.5. The Kier molecular flexibility index (Phi) is 8.73. The monoisotopic (exact) mass is 687 g/mol. The van der Waals surface area contributed by atoms with Crippen LogP contribution in [-0.2, 0) is 21.5 Å². The minimum atomic E-state index is -1.37. The summed E-state index contributed by atoms with van der Waals surface area (Å²) in [6.45, 7) is 0.694. The molecule has 0 radical (unpaired) electrons. The third-order valence-electron chi connectivity index (χ3n) is 11.0. The van der Waals surface area contributed by atoms with Gasteiger partial charge in [-0.05, 0) is 77.4 Å². The lowest BCUT2D eigenvalue weighted by Gasteiger charge is -2.50. The summed E-state index contributed by atoms with van der Waals surface area (Å²) < 4.78 is 11.0. The fraction of sp³-hybridized carbons (Fsp3) is 0.200. The van der Waals surface area contributed by atoms with E-state index in [0.717, 1.165) is 45.0 Å². The van der Waals surface area contributed by atoms with Crippen molar-refractivity contribution in [2.24, 2.45) is 5.41 Å². The molecule has 3 aliphatic heterocycles. The average molecular weight is 688 g/mol. The van der Waals surface area contributed by atoms with Crippen molar-refractivity contribution in [3.63, 3.8) is 0 Å². The predicted molar refractivity (Wildman–Crippen MR) is 205 cm³/mol. The maximum absolute atomic E-state index is 15.9. The molecule has 260 valence electrons. The van der Waals surface area contributed by atoms with Crippen LogP contribution in [0, 0.1) is 5.41 Å². The number of piperidine rings is 1. The zero-order chi connectivity index (χ0) is 35.7. The summed E-state index contributed by atoms with van der Waals surface area (Å²) in [6, 6.07) is 43.7. The SMILES string of the molecule is COc1ccc(/C=C2\CN(/C=C/c3ccccc3)C[C@]3(C2=O)[C@H](c2ccc(OC)cc2)[C@@H](Cc2ccccc2)NC32C(=O)Nc3ccccc32)cc1. The van der Waals surface area contributed by atoms with Gasteiger partial charge in [0, 0.05) is 41.9 Å². The molecule has 3 aliphatic rings. The number of ketones is 1. The molecule has 8 rings (SSSR count). The van der Waals surface area contributed by atoms with Crippen LogP contribution in [-0.4, -0.2) is 49.9 Å². The number of carbonyl (C=O) groups excluding carboxylic acids is 2. The molecular weight excluding hydrogens is 647 g/mol. The van der Waals surface area contributed by atoms with Gasteiger partial charge in [-0.1, -0.05) is 103 Å². The average Bonchev–Trinajstić information content (AvgIpc) is 3.64. The Balaban J connectivity index is 1.38. The molecule has 0 bridgehead atoms. The Hall–Kier alpha value is -5.92. The van der Waals surface area contributed by atoms with Crippen molar-refractivity contribution in [3.05, 3.63) is 173 Å². The van der Waals surface area contributed by atoms with Crippen molar-refractivity contribution < 1.29 is 19.1 Å². The van der Waals surface area contributed by atoms with Crippen molar-refractivity contribution >= 4 is 29.5 Å². The van der Waals surface area contributed by atoms with Crippen molar-refractivity contribution in [2.45, 2.75) is 23.9 Å². The van der Waals surface area contributed by atoms with E-state index in [2.05, 4.69) is 64.2 Å². The molecule has 0 aliphatic carbocycles. The Morgan fingerprint density at radius 3 is 2.08 bits per heavy atom. The standard InChI is InChI=1S/C45H41N3O4/c1-51-36-21-17-33(18-22-36)27-35-29-48(26-25-31-11-5-3-6-12-31)30-44(42(35)49)41(34-19-23-37(52-2)24-20-34)40(28-32-13-7-4-8-14-32)47-45(44)38-15-9-10-16-39(38)46-43(45)50/h3-27,40-41,47H,28-30H2,1-2H3,(H,46,50)/b26-25+,35-27+/t40-,41-,44-,45?/m1/s1. The summed E-state index contributed by atoms with van der Waals surface area (Å²) in [7, 11) is 3.29. The van der Waals surface area contributed by atoms with Crippen molar-refractivity contribution in [3.8, 4) is 11.5 Å². The molecule has 0 aromatic heterocycles. The number of ether oxygens (including phenoxy) is 2. The summed E-state index contributed by atoms with van der Waals surface area (Å²) in [5.74, 6) is 0.805. The third-order valence-corrected chi connectivity index (χ3v) is 11.0. The summed E-state index contributed by atoms with van der Waals surface area (Å²) in [5, 5.41) is 7.13. The molecule has 3 heterocycles. The maximum Gasteiger partial charge on any atom is 0.250 e. The highest BCUT2D eigenvalue weighted by Crippen LogP contribution is 2.63.